The van der Waals surface area contributed by atoms with Crippen molar-refractivity contribution in [1.29, 1.82) is 0 Å². The monoisotopic (exact) mass is 523 g/mol. The maximum absolute atomic E-state index is 14.0. The predicted octanol–water partition coefficient (Wildman–Crippen LogP) is 3.37. The fourth-order valence-corrected chi connectivity index (χ4v) is 6.98. The van der Waals surface area contributed by atoms with Crippen molar-refractivity contribution in [3.05, 3.63) is 41.5 Å². The Labute approximate surface area is 225 Å². The van der Waals surface area contributed by atoms with Gasteiger partial charge < -0.3 is 25.0 Å². The van der Waals surface area contributed by atoms with Gasteiger partial charge in [0.25, 0.3) is 0 Å². The van der Waals surface area contributed by atoms with Crippen molar-refractivity contribution in [2.45, 2.75) is 77.2 Å². The molecule has 2 bridgehead atoms. The number of hydrogen-bond acceptors (Lipinski definition) is 5. The highest BCUT2D eigenvalue weighted by atomic mass is 16.5. The number of nitrogens with zero attached hydrogens (tertiary/aromatic N) is 1. The normalized spacial score (nSPS) is 35.4. The molecule has 0 unspecified atom stereocenters. The zero-order chi connectivity index (χ0) is 27.2. The second-order valence-electron chi connectivity index (χ2n) is 11.7. The van der Waals surface area contributed by atoms with Crippen molar-refractivity contribution >= 4 is 23.4 Å². The highest BCUT2D eigenvalue weighted by Crippen LogP contribution is 2.55. The molecule has 8 heteroatoms. The fourth-order valence-electron chi connectivity index (χ4n) is 6.98. The van der Waals surface area contributed by atoms with E-state index in [4.69, 9.17) is 9.47 Å². The van der Waals surface area contributed by atoms with Gasteiger partial charge in [-0.25, -0.2) is 0 Å². The Bertz CT molecular complexity index is 1130. The quantitative estimate of drug-likeness (QED) is 0.402. The van der Waals surface area contributed by atoms with Gasteiger partial charge in [0.1, 0.15) is 11.6 Å². The summed E-state index contributed by atoms with van der Waals surface area (Å²) in [5.74, 6) is -1.21. The van der Waals surface area contributed by atoms with Crippen LogP contribution in [-0.4, -0.2) is 66.7 Å². The number of carbonyl (C=O) groups excluding carboxylic acids is 3. The summed E-state index contributed by atoms with van der Waals surface area (Å²) in [7, 11) is 1.62. The topological polar surface area (TPSA) is 97.0 Å². The Balaban J connectivity index is 1.42. The van der Waals surface area contributed by atoms with Crippen LogP contribution in [0, 0.1) is 37.5 Å². The third-order valence-corrected chi connectivity index (χ3v) is 9.48. The minimum atomic E-state index is -1.15. The molecule has 3 amide bonds. The molecule has 5 rings (SSSR count). The lowest BCUT2D eigenvalue weighted by molar-refractivity contribution is -0.141. The van der Waals surface area contributed by atoms with Gasteiger partial charge in [0.15, 0.2) is 0 Å². The lowest BCUT2D eigenvalue weighted by Gasteiger charge is -2.38. The summed E-state index contributed by atoms with van der Waals surface area (Å²) in [5.41, 5.74) is 1.76. The van der Waals surface area contributed by atoms with E-state index in [1.54, 1.807) is 12.0 Å². The number of nitrogens with one attached hydrogen (secondary N) is 2. The van der Waals surface area contributed by atoms with Crippen LogP contribution in [0.2, 0.25) is 0 Å². The summed E-state index contributed by atoms with van der Waals surface area (Å²) >= 11 is 0. The number of hydrogen-bond donors (Lipinski definition) is 2. The van der Waals surface area contributed by atoms with Crippen LogP contribution in [0.15, 0.2) is 30.4 Å². The third kappa shape index (κ3) is 4.45. The van der Waals surface area contributed by atoms with Gasteiger partial charge in [0.05, 0.1) is 17.9 Å². The lowest BCUT2D eigenvalue weighted by atomic mass is 9.73. The summed E-state index contributed by atoms with van der Waals surface area (Å²) in [4.78, 5) is 43.2. The Kier molecular flexibility index (Phi) is 7.40. The molecule has 8 nitrogen and oxygen atoms in total. The molecule has 4 aliphatic rings. The number of methoxy groups -OCH3 is 1. The van der Waals surface area contributed by atoms with Crippen molar-refractivity contribution < 1.29 is 23.9 Å². The average molecular weight is 524 g/mol. The fraction of sp³-hybridized carbons (Fsp3) is 0.633. The highest BCUT2D eigenvalue weighted by Gasteiger charge is 2.72. The van der Waals surface area contributed by atoms with Gasteiger partial charge in [-0.1, -0.05) is 44.9 Å². The minimum Gasteiger partial charge on any atom is -0.385 e. The zero-order valence-electron chi connectivity index (χ0n) is 23.2. The summed E-state index contributed by atoms with van der Waals surface area (Å²) in [6, 6.07) is 5.01. The second kappa shape index (κ2) is 10.5. The molecular formula is C30H41N3O5. The summed E-state index contributed by atoms with van der Waals surface area (Å²) in [6.45, 7) is 9.29. The Morgan fingerprint density at radius 2 is 1.95 bits per heavy atom. The van der Waals surface area contributed by atoms with E-state index in [1.165, 1.54) is 0 Å². The molecule has 1 aromatic rings. The molecule has 1 saturated carbocycles. The molecule has 1 aromatic carbocycles. The molecule has 0 radical (unpaired) electrons. The number of benzene rings is 1. The van der Waals surface area contributed by atoms with Crippen LogP contribution in [0.1, 0.15) is 50.7 Å². The van der Waals surface area contributed by atoms with Gasteiger partial charge >= 0.3 is 0 Å². The van der Waals surface area contributed by atoms with E-state index in [0.717, 1.165) is 30.4 Å². The summed E-state index contributed by atoms with van der Waals surface area (Å²) < 4.78 is 11.7. The molecular weight excluding hydrogens is 482 g/mol. The number of likely N-dealkylation sites (tertiary alicyclic amines) is 1. The molecule has 3 fully saturated rings. The van der Waals surface area contributed by atoms with E-state index in [0.29, 0.717) is 37.1 Å². The predicted molar refractivity (Wildman–Crippen MR) is 144 cm³/mol. The van der Waals surface area contributed by atoms with Gasteiger partial charge in [-0.15, -0.1) is 0 Å². The van der Waals surface area contributed by atoms with Gasteiger partial charge in [0.2, 0.25) is 17.7 Å². The van der Waals surface area contributed by atoms with Crippen molar-refractivity contribution in [3.8, 4) is 0 Å². The number of amides is 3. The van der Waals surface area contributed by atoms with E-state index >= 15 is 0 Å². The van der Waals surface area contributed by atoms with Crippen LogP contribution in [0.25, 0.3) is 0 Å². The van der Waals surface area contributed by atoms with E-state index in [9.17, 15) is 14.4 Å². The minimum absolute atomic E-state index is 0.0593. The number of anilines is 1. The largest absolute Gasteiger partial charge is 0.385 e. The number of ether oxygens (including phenoxy) is 2. The van der Waals surface area contributed by atoms with Crippen molar-refractivity contribution in [2.24, 2.45) is 23.7 Å². The molecule has 2 N–H and O–H groups in total. The third-order valence-electron chi connectivity index (χ3n) is 9.48. The van der Waals surface area contributed by atoms with Crippen molar-refractivity contribution in [3.63, 3.8) is 0 Å². The van der Waals surface area contributed by atoms with Gasteiger partial charge in [-0.3, -0.25) is 14.4 Å². The first-order valence-corrected chi connectivity index (χ1v) is 14.0. The zero-order valence-corrected chi connectivity index (χ0v) is 23.2. The maximum atomic E-state index is 14.0. The Morgan fingerprint density at radius 1 is 1.16 bits per heavy atom. The molecule has 0 aromatic heterocycles. The first kappa shape index (κ1) is 26.9. The van der Waals surface area contributed by atoms with Gasteiger partial charge in [0, 0.05) is 32.0 Å². The van der Waals surface area contributed by atoms with Crippen LogP contribution in [-0.2, 0) is 23.9 Å². The molecule has 1 aliphatic carbocycles. The van der Waals surface area contributed by atoms with Crippen LogP contribution in [0.4, 0.5) is 5.69 Å². The molecule has 1 spiro atoms. The standard InChI is InChI=1S/C30H41N3O5/c1-17-10-11-21(16-19(17)3)31-27(34)24-23-12-13-30(38-23)25(24)29(36)33(14-7-15-37-5)26(30)28(35)32-22-9-6-8-18(2)20(22)4/h10-13,16,18,20,22-26H,6-9,14-15H2,1-5H3,(H,31,34)(H,32,35)/t18-,20-,22-,23-,24-,25-,26+,30+/m1/s1. The number of aryl methyl sites for hydroxylation is 2. The van der Waals surface area contributed by atoms with Crippen LogP contribution in [0.5, 0.6) is 0 Å². The average Bonchev–Trinajstić information content (AvgIpc) is 3.52. The first-order valence-electron chi connectivity index (χ1n) is 14.0. The van der Waals surface area contributed by atoms with Crippen LogP contribution >= 0.6 is 0 Å². The Hall–Kier alpha value is -2.71. The van der Waals surface area contributed by atoms with Crippen LogP contribution < -0.4 is 10.6 Å². The van der Waals surface area contributed by atoms with E-state index in [1.807, 2.05) is 44.2 Å². The van der Waals surface area contributed by atoms with Crippen LogP contribution in [0.3, 0.4) is 0 Å². The van der Waals surface area contributed by atoms with E-state index < -0.39 is 29.6 Å². The molecule has 2 saturated heterocycles. The first-order chi connectivity index (χ1) is 18.2. The smallest absolute Gasteiger partial charge is 0.246 e. The molecule has 8 atom stereocenters. The van der Waals surface area contributed by atoms with E-state index in [2.05, 4.69) is 24.5 Å². The lowest BCUT2D eigenvalue weighted by Crippen LogP contribution is -2.58. The highest BCUT2D eigenvalue weighted by molar-refractivity contribution is 6.02. The van der Waals surface area contributed by atoms with E-state index in [-0.39, 0.29) is 23.8 Å². The maximum Gasteiger partial charge on any atom is 0.246 e. The van der Waals surface area contributed by atoms with Crippen molar-refractivity contribution in [2.75, 3.05) is 25.6 Å². The molecule has 3 heterocycles. The number of rotatable bonds is 8. The van der Waals surface area contributed by atoms with Crippen molar-refractivity contribution in [1.82, 2.24) is 10.2 Å². The second-order valence-corrected chi connectivity index (χ2v) is 11.7. The molecule has 38 heavy (non-hydrogen) atoms. The summed E-state index contributed by atoms with van der Waals surface area (Å²) in [6.07, 6.45) is 6.95. The molecule has 3 aliphatic heterocycles. The SMILES string of the molecule is COCCCN1C(=O)[C@H]2[C@H](C(=O)Nc3ccc(C)c(C)c3)[C@H]3C=C[C@@]2(O3)[C@@H]1C(=O)N[C@@H]1CCC[C@@H](C)[C@H]1C. The van der Waals surface area contributed by atoms with Gasteiger partial charge in [-0.05, 0) is 61.8 Å². The number of fused-ring (bicyclic) bond motifs is 1. The number of carbonyl (C=O) groups is 3. The van der Waals surface area contributed by atoms with Gasteiger partial charge in [-0.2, -0.15) is 0 Å². The molecule has 206 valence electrons. The summed E-state index contributed by atoms with van der Waals surface area (Å²) in [5, 5.41) is 6.30. The Morgan fingerprint density at radius 3 is 2.68 bits per heavy atom.